The number of aromatic nitrogens is 1. The van der Waals surface area contributed by atoms with E-state index < -0.39 is 15.7 Å². The molecule has 1 aromatic heterocycles. The lowest BCUT2D eigenvalue weighted by atomic mass is 10.1. The number of rotatable bonds is 3. The molecule has 7 heteroatoms. The van der Waals surface area contributed by atoms with Gasteiger partial charge in [-0.2, -0.15) is 0 Å². The van der Waals surface area contributed by atoms with Crippen LogP contribution in [0.1, 0.15) is 6.92 Å². The summed E-state index contributed by atoms with van der Waals surface area (Å²) in [5, 5.41) is 4.16. The number of nitrogens with one attached hydrogen (secondary N) is 1. The predicted molar refractivity (Wildman–Crippen MR) is 103 cm³/mol. The van der Waals surface area contributed by atoms with Crippen LogP contribution >= 0.6 is 0 Å². The van der Waals surface area contributed by atoms with Gasteiger partial charge in [-0.3, -0.25) is 4.98 Å². The molecular weight excluding hydrogens is 365 g/mol. The van der Waals surface area contributed by atoms with Gasteiger partial charge in [-0.15, -0.1) is 0 Å². The van der Waals surface area contributed by atoms with Crippen LogP contribution < -0.4 is 10.2 Å². The lowest BCUT2D eigenvalue weighted by Crippen LogP contribution is -2.49. The Hall–Kier alpha value is -2.51. The number of anilines is 1. The topological polar surface area (TPSA) is 62.3 Å². The van der Waals surface area contributed by atoms with Gasteiger partial charge in [0, 0.05) is 37.3 Å². The Balaban J connectivity index is 1.77. The molecule has 3 aromatic rings. The van der Waals surface area contributed by atoms with Gasteiger partial charge >= 0.3 is 0 Å². The zero-order valence-electron chi connectivity index (χ0n) is 14.9. The van der Waals surface area contributed by atoms with Crippen LogP contribution in [0, 0.1) is 5.82 Å². The van der Waals surface area contributed by atoms with E-state index in [1.54, 1.807) is 6.07 Å². The third-order valence-corrected chi connectivity index (χ3v) is 6.51. The number of benzene rings is 2. The van der Waals surface area contributed by atoms with Crippen molar-refractivity contribution in [3.63, 3.8) is 0 Å². The van der Waals surface area contributed by atoms with E-state index >= 15 is 0 Å². The van der Waals surface area contributed by atoms with Crippen molar-refractivity contribution in [1.82, 2.24) is 10.3 Å². The maximum Gasteiger partial charge on any atom is 0.208 e. The van der Waals surface area contributed by atoms with Crippen LogP contribution in [0.15, 0.2) is 64.5 Å². The molecule has 1 atom stereocenters. The summed E-state index contributed by atoms with van der Waals surface area (Å²) in [5.74, 6) is -0.583. The van der Waals surface area contributed by atoms with Crippen molar-refractivity contribution in [3.05, 3.63) is 60.5 Å². The van der Waals surface area contributed by atoms with Crippen molar-refractivity contribution >= 4 is 26.4 Å². The lowest BCUT2D eigenvalue weighted by molar-refractivity contribution is 0.485. The van der Waals surface area contributed by atoms with Crippen LogP contribution in [-0.2, 0) is 9.84 Å². The second-order valence-corrected chi connectivity index (χ2v) is 8.73. The first-order valence-electron chi connectivity index (χ1n) is 8.83. The molecule has 2 aromatic carbocycles. The van der Waals surface area contributed by atoms with Gasteiger partial charge in [-0.05, 0) is 37.3 Å². The predicted octanol–water partition coefficient (Wildman–Crippen LogP) is 3.00. The van der Waals surface area contributed by atoms with Gasteiger partial charge in [0.1, 0.15) is 5.82 Å². The Bertz CT molecular complexity index is 1100. The average Bonchev–Trinajstić information content (AvgIpc) is 2.67. The molecule has 1 aliphatic heterocycles. The number of sulfone groups is 1. The first-order valence-corrected chi connectivity index (χ1v) is 10.3. The van der Waals surface area contributed by atoms with E-state index in [1.165, 1.54) is 24.4 Å². The number of piperazine rings is 1. The fourth-order valence-electron chi connectivity index (χ4n) is 3.45. The van der Waals surface area contributed by atoms with E-state index in [0.29, 0.717) is 6.04 Å². The highest BCUT2D eigenvalue weighted by atomic mass is 32.2. The van der Waals surface area contributed by atoms with Crippen LogP contribution in [0.4, 0.5) is 10.1 Å². The van der Waals surface area contributed by atoms with Crippen LogP contribution in [0.3, 0.4) is 0 Å². The minimum absolute atomic E-state index is 0.0615. The molecule has 1 N–H and O–H groups in total. The van der Waals surface area contributed by atoms with E-state index in [4.69, 9.17) is 0 Å². The zero-order valence-corrected chi connectivity index (χ0v) is 15.7. The van der Waals surface area contributed by atoms with Crippen molar-refractivity contribution in [2.45, 2.75) is 22.8 Å². The Labute approximate surface area is 157 Å². The fourth-order valence-corrected chi connectivity index (χ4v) is 4.72. The zero-order chi connectivity index (χ0) is 19.0. The standard InChI is InChI=1S/C20H20FN3O2S/c1-14-13-24(9-8-22-14)19-7-2-4-15-10-18(12-23-20(15)19)27(25,26)17-6-3-5-16(21)11-17/h2-7,10-12,14,22H,8-9,13H2,1H3/t14-/m0/s1. The summed E-state index contributed by atoms with van der Waals surface area (Å²) in [6.45, 7) is 4.76. The van der Waals surface area contributed by atoms with Crippen molar-refractivity contribution in [1.29, 1.82) is 0 Å². The molecule has 1 saturated heterocycles. The minimum Gasteiger partial charge on any atom is -0.367 e. The van der Waals surface area contributed by atoms with E-state index in [9.17, 15) is 12.8 Å². The minimum atomic E-state index is -3.83. The Kier molecular flexibility index (Phi) is 4.57. The quantitative estimate of drug-likeness (QED) is 0.751. The molecule has 0 amide bonds. The summed E-state index contributed by atoms with van der Waals surface area (Å²) < 4.78 is 39.1. The van der Waals surface area contributed by atoms with Gasteiger partial charge in [0.15, 0.2) is 0 Å². The molecule has 5 nitrogen and oxygen atoms in total. The Morgan fingerprint density at radius 3 is 2.74 bits per heavy atom. The molecule has 2 heterocycles. The van der Waals surface area contributed by atoms with Crippen LogP contribution in [0.5, 0.6) is 0 Å². The van der Waals surface area contributed by atoms with Crippen LogP contribution in [0.2, 0.25) is 0 Å². The summed E-state index contributed by atoms with van der Waals surface area (Å²) in [6.07, 6.45) is 1.36. The molecule has 0 unspecified atom stereocenters. The largest absolute Gasteiger partial charge is 0.367 e. The van der Waals surface area contributed by atoms with E-state index in [2.05, 4.69) is 22.1 Å². The maximum absolute atomic E-state index is 13.5. The molecule has 140 valence electrons. The maximum atomic E-state index is 13.5. The fraction of sp³-hybridized carbons (Fsp3) is 0.250. The number of halogens is 1. The summed E-state index contributed by atoms with van der Waals surface area (Å²) in [7, 11) is -3.83. The van der Waals surface area contributed by atoms with Gasteiger partial charge in [0.2, 0.25) is 9.84 Å². The first kappa shape index (κ1) is 17.9. The SMILES string of the molecule is C[C@H]1CN(c2cccc3cc(S(=O)(=O)c4cccc(F)c4)cnc23)CCN1. The smallest absolute Gasteiger partial charge is 0.208 e. The number of para-hydroxylation sites is 1. The monoisotopic (exact) mass is 385 g/mol. The van der Waals surface area contributed by atoms with Crippen molar-refractivity contribution < 1.29 is 12.8 Å². The molecule has 27 heavy (non-hydrogen) atoms. The summed E-state index contributed by atoms with van der Waals surface area (Å²) >= 11 is 0. The van der Waals surface area contributed by atoms with Crippen LogP contribution in [-0.4, -0.2) is 39.1 Å². The third kappa shape index (κ3) is 3.40. The van der Waals surface area contributed by atoms with Crippen molar-refractivity contribution in [2.75, 3.05) is 24.5 Å². The normalized spacial score (nSPS) is 18.0. The number of hydrogen-bond donors (Lipinski definition) is 1. The molecule has 1 aliphatic rings. The second kappa shape index (κ2) is 6.90. The second-order valence-electron chi connectivity index (χ2n) is 6.78. The molecular formula is C20H20FN3O2S. The number of nitrogens with zero attached hydrogens (tertiary/aromatic N) is 2. The molecule has 0 saturated carbocycles. The summed E-state index contributed by atoms with van der Waals surface area (Å²) in [6, 6.07) is 12.8. The van der Waals surface area contributed by atoms with E-state index in [1.807, 2.05) is 18.2 Å². The molecule has 0 bridgehead atoms. The van der Waals surface area contributed by atoms with Gasteiger partial charge in [0.05, 0.1) is 21.0 Å². The summed E-state index contributed by atoms with van der Waals surface area (Å²) in [5.41, 5.74) is 1.76. The van der Waals surface area contributed by atoms with Crippen molar-refractivity contribution in [2.24, 2.45) is 0 Å². The number of hydrogen-bond acceptors (Lipinski definition) is 5. The molecule has 1 fully saturated rings. The molecule has 0 spiro atoms. The van der Waals surface area contributed by atoms with Gasteiger partial charge in [-0.25, -0.2) is 12.8 Å². The summed E-state index contributed by atoms with van der Waals surface area (Å²) in [4.78, 5) is 6.71. The van der Waals surface area contributed by atoms with Crippen LogP contribution in [0.25, 0.3) is 10.9 Å². The number of pyridine rings is 1. The Morgan fingerprint density at radius 2 is 1.96 bits per heavy atom. The average molecular weight is 385 g/mol. The first-order chi connectivity index (χ1) is 12.9. The number of fused-ring (bicyclic) bond motifs is 1. The third-order valence-electron chi connectivity index (χ3n) is 4.79. The highest BCUT2D eigenvalue weighted by molar-refractivity contribution is 7.91. The molecule has 0 radical (unpaired) electrons. The Morgan fingerprint density at radius 1 is 1.15 bits per heavy atom. The van der Waals surface area contributed by atoms with E-state index in [0.717, 1.165) is 42.3 Å². The molecule has 4 rings (SSSR count). The van der Waals surface area contributed by atoms with Gasteiger partial charge in [0.25, 0.3) is 0 Å². The highest BCUT2D eigenvalue weighted by Crippen LogP contribution is 2.29. The lowest BCUT2D eigenvalue weighted by Gasteiger charge is -2.34. The van der Waals surface area contributed by atoms with Gasteiger partial charge in [-0.1, -0.05) is 18.2 Å². The van der Waals surface area contributed by atoms with Crippen molar-refractivity contribution in [3.8, 4) is 0 Å². The molecule has 0 aliphatic carbocycles. The highest BCUT2D eigenvalue weighted by Gasteiger charge is 2.22. The van der Waals surface area contributed by atoms with E-state index in [-0.39, 0.29) is 9.79 Å². The van der Waals surface area contributed by atoms with Gasteiger partial charge < -0.3 is 10.2 Å².